The topological polar surface area (TPSA) is 51.0 Å². The average molecular weight is 333 g/mol. The van der Waals surface area contributed by atoms with Crippen molar-refractivity contribution >= 4 is 0 Å². The second-order valence-electron chi connectivity index (χ2n) is 5.60. The molecule has 139 valence electrons. The molecule has 0 saturated heterocycles. The van der Waals surface area contributed by atoms with E-state index in [9.17, 15) is 0 Å². The Kier molecular flexibility index (Phi) is 13.0. The Bertz CT molecular complexity index is 236. The molecule has 23 heavy (non-hydrogen) atoms. The Morgan fingerprint density at radius 1 is 0.565 bits per heavy atom. The molecule has 0 aliphatic carbocycles. The third-order valence-corrected chi connectivity index (χ3v) is 3.28. The van der Waals surface area contributed by atoms with E-state index in [1.165, 1.54) is 0 Å². The highest BCUT2D eigenvalue weighted by atomic mass is 16.8. The van der Waals surface area contributed by atoms with Gasteiger partial charge in [-0.2, -0.15) is 0 Å². The summed E-state index contributed by atoms with van der Waals surface area (Å²) in [5, 5.41) is 4.88. The summed E-state index contributed by atoms with van der Waals surface area (Å²) in [6, 6.07) is 0. The lowest BCUT2D eigenvalue weighted by Gasteiger charge is -2.41. The van der Waals surface area contributed by atoms with Crippen molar-refractivity contribution in [2.24, 2.45) is 0 Å². The molecule has 2 unspecified atom stereocenters. The molecule has 0 bridgehead atoms. The lowest BCUT2D eigenvalue weighted by atomic mass is 10.2. The van der Waals surface area contributed by atoms with Crippen LogP contribution in [0.1, 0.15) is 80.1 Å². The first-order valence-electron chi connectivity index (χ1n) is 9.37. The van der Waals surface area contributed by atoms with Gasteiger partial charge < -0.3 is 18.9 Å². The van der Waals surface area contributed by atoms with E-state index in [4.69, 9.17) is 24.3 Å². The number of hydrogen-bond donors (Lipinski definition) is 0. The van der Waals surface area contributed by atoms with Crippen LogP contribution in [0.2, 0.25) is 0 Å². The number of hydrogen-bond acceptors (Lipinski definition) is 4. The summed E-state index contributed by atoms with van der Waals surface area (Å²) >= 11 is 0. The first-order chi connectivity index (χ1) is 11.1. The van der Waals surface area contributed by atoms with Crippen molar-refractivity contribution in [3.8, 4) is 0 Å². The van der Waals surface area contributed by atoms with Gasteiger partial charge in [0.2, 0.25) is 11.8 Å². The summed E-state index contributed by atoms with van der Waals surface area (Å²) in [6.07, 6.45) is 5.03. The Labute approximate surface area is 143 Å². The van der Waals surface area contributed by atoms with Crippen molar-refractivity contribution in [2.45, 2.75) is 91.9 Å². The normalized spacial score (nSPS) is 17.0. The predicted octanol–water partition coefficient (Wildman–Crippen LogP) is 4.42. The molecule has 0 aliphatic rings. The van der Waals surface area contributed by atoms with Gasteiger partial charge in [0.25, 0.3) is 0 Å². The van der Waals surface area contributed by atoms with Gasteiger partial charge in [-0.25, -0.2) is 0 Å². The fourth-order valence-corrected chi connectivity index (χ4v) is 2.48. The highest BCUT2D eigenvalue weighted by Crippen LogP contribution is 2.29. The van der Waals surface area contributed by atoms with Crippen molar-refractivity contribution in [2.75, 3.05) is 26.4 Å². The zero-order chi connectivity index (χ0) is 17.6. The first-order valence-corrected chi connectivity index (χ1v) is 9.37. The Balaban J connectivity index is 5.39. The van der Waals surface area contributed by atoms with E-state index in [-0.39, 0.29) is 0 Å². The quantitative estimate of drug-likeness (QED) is 0.392. The highest BCUT2D eigenvalue weighted by Gasteiger charge is 2.44. The van der Waals surface area contributed by atoms with E-state index in [0.717, 1.165) is 25.7 Å². The minimum atomic E-state index is -0.989. The van der Waals surface area contributed by atoms with Crippen LogP contribution in [-0.4, -0.2) is 38.2 Å². The standard InChI is InChI=1S/C18H38NO4/c1-7-13-17(20-11-5,22-15-9-3)19-18(14-8-2,21-12-6)23-16-10-4/h7-16H2,1-6H3. The van der Waals surface area contributed by atoms with Crippen molar-refractivity contribution in [3.63, 3.8) is 0 Å². The summed E-state index contributed by atoms with van der Waals surface area (Å²) in [6.45, 7) is 14.6. The second-order valence-corrected chi connectivity index (χ2v) is 5.60. The van der Waals surface area contributed by atoms with Crippen LogP contribution < -0.4 is 5.32 Å². The van der Waals surface area contributed by atoms with Crippen molar-refractivity contribution in [1.82, 2.24) is 5.32 Å². The van der Waals surface area contributed by atoms with Crippen LogP contribution in [0.25, 0.3) is 0 Å². The molecule has 0 spiro atoms. The summed E-state index contributed by atoms with van der Waals surface area (Å²) < 4.78 is 24.0. The Hall–Kier alpha value is -0.200. The minimum Gasteiger partial charge on any atom is -0.336 e. The molecule has 0 aromatic heterocycles. The lowest BCUT2D eigenvalue weighted by Crippen LogP contribution is -2.58. The van der Waals surface area contributed by atoms with Crippen molar-refractivity contribution in [1.29, 1.82) is 0 Å². The van der Waals surface area contributed by atoms with Crippen LogP contribution in [0.3, 0.4) is 0 Å². The molecule has 2 atom stereocenters. The summed E-state index contributed by atoms with van der Waals surface area (Å²) in [4.78, 5) is 0. The third kappa shape index (κ3) is 8.45. The van der Waals surface area contributed by atoms with Crippen molar-refractivity contribution < 1.29 is 18.9 Å². The fourth-order valence-electron chi connectivity index (χ4n) is 2.48. The fraction of sp³-hybridized carbons (Fsp3) is 1.00. The average Bonchev–Trinajstić information content (AvgIpc) is 2.52. The van der Waals surface area contributed by atoms with Gasteiger partial charge in [0.1, 0.15) is 0 Å². The van der Waals surface area contributed by atoms with E-state index in [0.29, 0.717) is 39.3 Å². The molecule has 0 amide bonds. The van der Waals surface area contributed by atoms with Crippen LogP contribution in [0, 0.1) is 0 Å². The number of nitrogens with zero attached hydrogens (tertiary/aromatic N) is 1. The molecule has 1 radical (unpaired) electrons. The molecule has 0 rings (SSSR count). The second kappa shape index (κ2) is 13.1. The molecular formula is C18H38NO4. The molecule has 0 heterocycles. The molecule has 0 N–H and O–H groups in total. The molecular weight excluding hydrogens is 294 g/mol. The molecule has 0 saturated carbocycles. The monoisotopic (exact) mass is 332 g/mol. The van der Waals surface area contributed by atoms with E-state index in [2.05, 4.69) is 27.7 Å². The van der Waals surface area contributed by atoms with Crippen molar-refractivity contribution in [3.05, 3.63) is 0 Å². The van der Waals surface area contributed by atoms with Gasteiger partial charge >= 0.3 is 0 Å². The summed E-state index contributed by atoms with van der Waals surface area (Å²) in [5.41, 5.74) is 0. The lowest BCUT2D eigenvalue weighted by molar-refractivity contribution is -0.349. The smallest absolute Gasteiger partial charge is 0.247 e. The maximum absolute atomic E-state index is 6.04. The van der Waals surface area contributed by atoms with Crippen LogP contribution in [-0.2, 0) is 18.9 Å². The molecule has 5 nitrogen and oxygen atoms in total. The largest absolute Gasteiger partial charge is 0.336 e. The van der Waals surface area contributed by atoms with Crippen LogP contribution in [0.4, 0.5) is 0 Å². The van der Waals surface area contributed by atoms with Gasteiger partial charge in [-0.1, -0.05) is 27.7 Å². The number of ether oxygens (including phenoxy) is 4. The van der Waals surface area contributed by atoms with Crippen LogP contribution in [0.15, 0.2) is 0 Å². The Morgan fingerprint density at radius 3 is 1.22 bits per heavy atom. The van der Waals surface area contributed by atoms with Gasteiger partial charge in [0, 0.05) is 26.1 Å². The molecule has 0 aliphatic heterocycles. The molecule has 0 fully saturated rings. The minimum absolute atomic E-state index is 0.537. The van der Waals surface area contributed by atoms with Crippen LogP contribution in [0.5, 0.6) is 0 Å². The van der Waals surface area contributed by atoms with E-state index < -0.39 is 11.8 Å². The number of rotatable bonds is 16. The van der Waals surface area contributed by atoms with Crippen LogP contribution >= 0.6 is 0 Å². The maximum Gasteiger partial charge on any atom is 0.247 e. The highest BCUT2D eigenvalue weighted by molar-refractivity contribution is 4.76. The zero-order valence-electron chi connectivity index (χ0n) is 16.2. The van der Waals surface area contributed by atoms with Gasteiger partial charge in [-0.15, -0.1) is 5.32 Å². The van der Waals surface area contributed by atoms with Gasteiger partial charge in [0.05, 0.1) is 13.2 Å². The predicted molar refractivity (Wildman–Crippen MR) is 93.2 cm³/mol. The Morgan fingerprint density at radius 2 is 0.957 bits per heavy atom. The van der Waals surface area contributed by atoms with E-state index in [1.807, 2.05) is 13.8 Å². The summed E-state index contributed by atoms with van der Waals surface area (Å²) in [5.74, 6) is -1.98. The zero-order valence-corrected chi connectivity index (χ0v) is 16.2. The molecule has 0 aromatic carbocycles. The van der Waals surface area contributed by atoms with Gasteiger partial charge in [-0.05, 0) is 39.5 Å². The summed E-state index contributed by atoms with van der Waals surface area (Å²) in [7, 11) is 0. The maximum atomic E-state index is 6.04. The van der Waals surface area contributed by atoms with E-state index in [1.54, 1.807) is 0 Å². The third-order valence-electron chi connectivity index (χ3n) is 3.28. The first kappa shape index (κ1) is 22.8. The van der Waals surface area contributed by atoms with Gasteiger partial charge in [0.15, 0.2) is 0 Å². The molecule has 5 heteroatoms. The van der Waals surface area contributed by atoms with E-state index >= 15 is 0 Å². The van der Waals surface area contributed by atoms with Gasteiger partial charge in [-0.3, -0.25) is 0 Å². The molecule has 0 aromatic rings. The SMILES string of the molecule is CCCOC(CCC)([N]C(CCC)(OCC)OCCC)OCC.